The number of anilines is 1. The van der Waals surface area contributed by atoms with Gasteiger partial charge >= 0.3 is 5.97 Å². The molecule has 2 aliphatic rings. The molecule has 1 aliphatic carbocycles. The topological polar surface area (TPSA) is 97.4 Å². The fourth-order valence-electron chi connectivity index (χ4n) is 3.67. The summed E-state index contributed by atoms with van der Waals surface area (Å²) in [6.07, 6.45) is 1.44. The zero-order valence-electron chi connectivity index (χ0n) is 15.5. The van der Waals surface area contributed by atoms with E-state index in [2.05, 4.69) is 15.6 Å². The minimum absolute atomic E-state index is 0.0749. The quantitative estimate of drug-likeness (QED) is 0.617. The Balaban J connectivity index is 1.74. The Morgan fingerprint density at radius 1 is 1.38 bits per heavy atom. The van der Waals surface area contributed by atoms with Crippen LogP contribution in [0.2, 0.25) is 0 Å². The maximum Gasteiger partial charge on any atom is 0.315 e. The second-order valence-electron chi connectivity index (χ2n) is 7.86. The minimum Gasteiger partial charge on any atom is -0.465 e. The Bertz CT molecular complexity index is 737. The molecule has 3 rings (SSSR count). The number of rotatable bonds is 4. The summed E-state index contributed by atoms with van der Waals surface area (Å²) in [5.41, 5.74) is 0.535. The number of hydrogen-bond acceptors (Lipinski definition) is 6. The molecule has 3 atom stereocenters. The van der Waals surface area contributed by atoms with Gasteiger partial charge in [-0.2, -0.15) is 0 Å². The van der Waals surface area contributed by atoms with Crippen molar-refractivity contribution in [2.75, 3.05) is 18.5 Å². The van der Waals surface area contributed by atoms with Crippen LogP contribution in [0, 0.1) is 17.3 Å². The first-order valence-electron chi connectivity index (χ1n) is 8.97. The average Bonchev–Trinajstić information content (AvgIpc) is 3.20. The number of hydrogen-bond donors (Lipinski definition) is 2. The standard InChI is InChI=1S/C18H25N3O4S/c1-5-25-16(24)9-6-7-11-13(9)20-17(26-11)21-15(23)12-10(18(2,3)4)8-19-14(12)22/h9-10,12H,5-8H2,1-4H3,(H,19,22)(H,20,21,23)/t9-,10-,12+/m1/s1. The lowest BCUT2D eigenvalue weighted by molar-refractivity contribution is -0.145. The zero-order valence-corrected chi connectivity index (χ0v) is 16.4. The third-order valence-corrected chi connectivity index (χ3v) is 6.14. The number of carbonyl (C=O) groups is 3. The molecule has 1 aliphatic heterocycles. The zero-order chi connectivity index (χ0) is 19.1. The molecule has 2 amide bonds. The molecule has 1 aromatic rings. The molecule has 0 saturated carbocycles. The van der Waals surface area contributed by atoms with Crippen LogP contribution < -0.4 is 10.6 Å². The number of nitrogens with one attached hydrogen (secondary N) is 2. The van der Waals surface area contributed by atoms with Crippen LogP contribution in [0.3, 0.4) is 0 Å². The van der Waals surface area contributed by atoms with Crippen molar-refractivity contribution in [2.24, 2.45) is 17.3 Å². The summed E-state index contributed by atoms with van der Waals surface area (Å²) in [6.45, 7) is 8.70. The number of thiazole rings is 1. The van der Waals surface area contributed by atoms with E-state index in [0.29, 0.717) is 30.4 Å². The molecule has 2 N–H and O–H groups in total. The van der Waals surface area contributed by atoms with Gasteiger partial charge in [-0.15, -0.1) is 11.3 Å². The summed E-state index contributed by atoms with van der Waals surface area (Å²) in [5, 5.41) is 6.03. The van der Waals surface area contributed by atoms with E-state index in [0.717, 1.165) is 11.3 Å². The maximum atomic E-state index is 12.7. The third kappa shape index (κ3) is 3.47. The number of carbonyl (C=O) groups excluding carboxylic acids is 3. The van der Waals surface area contributed by atoms with Gasteiger partial charge in [0.15, 0.2) is 5.13 Å². The van der Waals surface area contributed by atoms with Crippen molar-refractivity contribution in [3.05, 3.63) is 10.6 Å². The largest absolute Gasteiger partial charge is 0.465 e. The molecule has 0 radical (unpaired) electrons. The predicted octanol–water partition coefficient (Wildman–Crippen LogP) is 2.08. The van der Waals surface area contributed by atoms with E-state index in [1.807, 2.05) is 20.8 Å². The summed E-state index contributed by atoms with van der Waals surface area (Å²) in [4.78, 5) is 42.4. The van der Waals surface area contributed by atoms with Crippen molar-refractivity contribution >= 4 is 34.3 Å². The van der Waals surface area contributed by atoms with Gasteiger partial charge in [0.1, 0.15) is 11.8 Å². The Labute approximate surface area is 156 Å². The van der Waals surface area contributed by atoms with Gasteiger partial charge < -0.3 is 15.4 Å². The fraction of sp³-hybridized carbons (Fsp3) is 0.667. The highest BCUT2D eigenvalue weighted by atomic mass is 32.1. The van der Waals surface area contributed by atoms with E-state index < -0.39 is 5.92 Å². The molecule has 2 heterocycles. The summed E-state index contributed by atoms with van der Waals surface area (Å²) in [7, 11) is 0. The fourth-order valence-corrected chi connectivity index (χ4v) is 4.71. The van der Waals surface area contributed by atoms with Crippen LogP contribution in [0.4, 0.5) is 5.13 Å². The van der Waals surface area contributed by atoms with Crippen molar-refractivity contribution in [2.45, 2.75) is 46.5 Å². The van der Waals surface area contributed by atoms with E-state index in [1.165, 1.54) is 11.3 Å². The molecular weight excluding hydrogens is 354 g/mol. The molecule has 1 saturated heterocycles. The Kier molecular flexibility index (Phi) is 5.05. The van der Waals surface area contributed by atoms with Crippen molar-refractivity contribution in [3.8, 4) is 0 Å². The van der Waals surface area contributed by atoms with Crippen LogP contribution in [0.5, 0.6) is 0 Å². The van der Waals surface area contributed by atoms with Crippen LogP contribution in [0.1, 0.15) is 50.6 Å². The molecular formula is C18H25N3O4S. The highest BCUT2D eigenvalue weighted by Gasteiger charge is 2.46. The monoisotopic (exact) mass is 379 g/mol. The number of fused-ring (bicyclic) bond motifs is 1. The molecule has 0 bridgehead atoms. The van der Waals surface area contributed by atoms with Gasteiger partial charge in [0.05, 0.1) is 12.3 Å². The van der Waals surface area contributed by atoms with Gasteiger partial charge in [-0.1, -0.05) is 20.8 Å². The molecule has 142 valence electrons. The molecule has 1 aromatic heterocycles. The first-order chi connectivity index (χ1) is 12.2. The molecule has 7 nitrogen and oxygen atoms in total. The lowest BCUT2D eigenvalue weighted by atomic mass is 9.74. The Hall–Kier alpha value is -1.96. The first kappa shape index (κ1) is 18.8. The maximum absolute atomic E-state index is 12.7. The lowest BCUT2D eigenvalue weighted by Crippen LogP contribution is -2.37. The van der Waals surface area contributed by atoms with Crippen LogP contribution in [-0.2, 0) is 25.5 Å². The lowest BCUT2D eigenvalue weighted by Gasteiger charge is -2.29. The minimum atomic E-state index is -0.727. The summed E-state index contributed by atoms with van der Waals surface area (Å²) in [6, 6.07) is 0. The number of aryl methyl sites for hydroxylation is 1. The normalized spacial score (nSPS) is 24.9. The van der Waals surface area contributed by atoms with Gasteiger partial charge in [0.25, 0.3) is 0 Å². The van der Waals surface area contributed by atoms with Crippen LogP contribution >= 0.6 is 11.3 Å². The smallest absolute Gasteiger partial charge is 0.315 e. The average molecular weight is 379 g/mol. The number of aromatic nitrogens is 1. The van der Waals surface area contributed by atoms with Crippen molar-refractivity contribution in [1.29, 1.82) is 0 Å². The van der Waals surface area contributed by atoms with Crippen LogP contribution in [0.25, 0.3) is 0 Å². The molecule has 0 aromatic carbocycles. The molecule has 26 heavy (non-hydrogen) atoms. The highest BCUT2D eigenvalue weighted by Crippen LogP contribution is 2.40. The van der Waals surface area contributed by atoms with E-state index in [4.69, 9.17) is 4.74 Å². The third-order valence-electron chi connectivity index (χ3n) is 5.09. The molecule has 0 spiro atoms. The van der Waals surface area contributed by atoms with E-state index in [9.17, 15) is 14.4 Å². The van der Waals surface area contributed by atoms with E-state index in [-0.39, 0.29) is 35.0 Å². The Morgan fingerprint density at radius 3 is 2.77 bits per heavy atom. The van der Waals surface area contributed by atoms with Crippen molar-refractivity contribution in [1.82, 2.24) is 10.3 Å². The second-order valence-corrected chi connectivity index (χ2v) is 8.94. The van der Waals surface area contributed by atoms with Gasteiger partial charge in [0, 0.05) is 17.3 Å². The van der Waals surface area contributed by atoms with E-state index >= 15 is 0 Å². The van der Waals surface area contributed by atoms with Gasteiger partial charge in [-0.3, -0.25) is 14.4 Å². The predicted molar refractivity (Wildman–Crippen MR) is 97.9 cm³/mol. The Morgan fingerprint density at radius 2 is 2.12 bits per heavy atom. The number of amides is 2. The van der Waals surface area contributed by atoms with Gasteiger partial charge in [0.2, 0.25) is 11.8 Å². The molecule has 1 fully saturated rings. The summed E-state index contributed by atoms with van der Waals surface area (Å²) < 4.78 is 5.11. The highest BCUT2D eigenvalue weighted by molar-refractivity contribution is 7.16. The second kappa shape index (κ2) is 6.98. The van der Waals surface area contributed by atoms with Gasteiger partial charge in [-0.25, -0.2) is 4.98 Å². The first-order valence-corrected chi connectivity index (χ1v) is 9.78. The summed E-state index contributed by atoms with van der Waals surface area (Å²) >= 11 is 1.38. The number of ether oxygens (including phenoxy) is 1. The SMILES string of the molecule is CCOC(=O)[C@@H]1CCc2sc(NC(=O)[C@@H]3C(=O)NC[C@H]3C(C)(C)C)nc21. The van der Waals surface area contributed by atoms with Crippen molar-refractivity contribution in [3.63, 3.8) is 0 Å². The van der Waals surface area contributed by atoms with Crippen LogP contribution in [0.15, 0.2) is 0 Å². The summed E-state index contributed by atoms with van der Waals surface area (Å²) in [5.74, 6) is -2.00. The van der Waals surface area contributed by atoms with Crippen molar-refractivity contribution < 1.29 is 19.1 Å². The molecule has 8 heteroatoms. The van der Waals surface area contributed by atoms with Gasteiger partial charge in [-0.05, 0) is 25.2 Å². The van der Waals surface area contributed by atoms with E-state index in [1.54, 1.807) is 6.92 Å². The number of esters is 1. The molecule has 0 unspecified atom stereocenters. The number of nitrogens with zero attached hydrogens (tertiary/aromatic N) is 1. The van der Waals surface area contributed by atoms with Crippen LogP contribution in [-0.4, -0.2) is 35.9 Å².